The van der Waals surface area contributed by atoms with Gasteiger partial charge in [-0.15, -0.1) is 45.5 Å². The maximum absolute atomic E-state index is 4.83. The summed E-state index contributed by atoms with van der Waals surface area (Å²) in [4.78, 5) is 8.58. The Morgan fingerprint density at radius 3 is 2.69 bits per heavy atom. The molecule has 32 heavy (non-hydrogen) atoms. The van der Waals surface area contributed by atoms with E-state index in [2.05, 4.69) is 74.4 Å². The van der Waals surface area contributed by atoms with Crippen molar-refractivity contribution in [3.8, 4) is 0 Å². The Kier molecular flexibility index (Phi) is 8.92. The Labute approximate surface area is 211 Å². The smallest absolute Gasteiger partial charge is 0.192 e. The summed E-state index contributed by atoms with van der Waals surface area (Å²) in [6.07, 6.45) is 2.29. The molecule has 1 aliphatic rings. The second-order valence-electron chi connectivity index (χ2n) is 8.09. The molecule has 2 aromatic heterocycles. The number of aromatic nitrogens is 3. The molecule has 1 aromatic carbocycles. The van der Waals surface area contributed by atoms with Gasteiger partial charge in [0.2, 0.25) is 0 Å². The summed E-state index contributed by atoms with van der Waals surface area (Å²) in [5, 5.41) is 17.7. The maximum Gasteiger partial charge on any atom is 0.192 e. The molecule has 0 saturated carbocycles. The van der Waals surface area contributed by atoms with Gasteiger partial charge in [0.1, 0.15) is 12.4 Å². The van der Waals surface area contributed by atoms with Gasteiger partial charge in [-0.25, -0.2) is 4.99 Å². The molecule has 0 radical (unpaired) electrons. The molecule has 2 N–H and O–H groups in total. The van der Waals surface area contributed by atoms with Gasteiger partial charge >= 0.3 is 0 Å². The predicted molar refractivity (Wildman–Crippen MR) is 143 cm³/mol. The average molecular weight is 566 g/mol. The van der Waals surface area contributed by atoms with Crippen molar-refractivity contribution >= 4 is 47.0 Å². The van der Waals surface area contributed by atoms with Gasteiger partial charge in [-0.2, -0.15) is 0 Å². The first-order valence-corrected chi connectivity index (χ1v) is 11.7. The van der Waals surface area contributed by atoms with E-state index in [1.54, 1.807) is 11.3 Å². The van der Waals surface area contributed by atoms with E-state index in [9.17, 15) is 0 Å². The van der Waals surface area contributed by atoms with Gasteiger partial charge in [-0.1, -0.05) is 23.8 Å². The zero-order chi connectivity index (χ0) is 21.6. The monoisotopic (exact) mass is 565 g/mol. The summed E-state index contributed by atoms with van der Waals surface area (Å²) < 4.78 is 1.99. The van der Waals surface area contributed by atoms with Crippen LogP contribution in [0.1, 0.15) is 34.9 Å². The lowest BCUT2D eigenvalue weighted by molar-refractivity contribution is 0.467. The predicted octanol–water partition coefficient (Wildman–Crippen LogP) is 4.02. The van der Waals surface area contributed by atoms with Crippen LogP contribution in [0.4, 0.5) is 5.69 Å². The first-order chi connectivity index (χ1) is 15.1. The fourth-order valence-corrected chi connectivity index (χ4v) is 4.40. The molecule has 7 nitrogen and oxygen atoms in total. The van der Waals surface area contributed by atoms with Gasteiger partial charge in [-0.05, 0) is 50.3 Å². The third-order valence-electron chi connectivity index (χ3n) is 5.73. The largest absolute Gasteiger partial charge is 0.369 e. The zero-order valence-corrected chi connectivity index (χ0v) is 22.1. The molecule has 1 atom stereocenters. The van der Waals surface area contributed by atoms with E-state index >= 15 is 0 Å². The summed E-state index contributed by atoms with van der Waals surface area (Å²) in [6.45, 7) is 7.39. The number of nitrogens with one attached hydrogen (secondary N) is 2. The topological polar surface area (TPSA) is 70.4 Å². The van der Waals surface area contributed by atoms with Crippen LogP contribution in [0, 0.1) is 13.8 Å². The number of hydrogen-bond acceptors (Lipinski definition) is 5. The number of hydrogen-bond donors (Lipinski definition) is 2. The molecule has 0 aliphatic carbocycles. The van der Waals surface area contributed by atoms with Crippen molar-refractivity contribution in [3.05, 3.63) is 63.9 Å². The molecule has 0 spiro atoms. The normalized spacial score (nSPS) is 16.5. The number of piperidine rings is 1. The minimum absolute atomic E-state index is 0. The Bertz CT molecular complexity index is 998. The van der Waals surface area contributed by atoms with Gasteiger partial charge in [0, 0.05) is 36.7 Å². The standard InChI is InChI=1S/C23H31N7S.HI/c1-17-8-10-20(11-9-17)30-12-4-6-19(16-30)26-23(24-14-21-7-5-13-31-21)25-15-22-28-27-18(2)29(22)3;/h5,7-11,13,19H,4,6,12,14-16H2,1-3H3,(H2,24,25,26);1H. The van der Waals surface area contributed by atoms with Crippen LogP contribution in [-0.4, -0.2) is 39.9 Å². The third-order valence-corrected chi connectivity index (χ3v) is 6.61. The second-order valence-corrected chi connectivity index (χ2v) is 9.12. The van der Waals surface area contributed by atoms with Gasteiger partial charge in [0.05, 0.1) is 6.54 Å². The minimum Gasteiger partial charge on any atom is -0.369 e. The highest BCUT2D eigenvalue weighted by Crippen LogP contribution is 2.20. The summed E-state index contributed by atoms with van der Waals surface area (Å²) in [6, 6.07) is 13.4. The van der Waals surface area contributed by atoms with E-state index in [1.165, 1.54) is 16.1 Å². The van der Waals surface area contributed by atoms with Crippen LogP contribution in [0.25, 0.3) is 0 Å². The molecule has 1 unspecified atom stereocenters. The fraction of sp³-hybridized carbons (Fsp3) is 0.435. The number of aryl methyl sites for hydroxylation is 2. The van der Waals surface area contributed by atoms with E-state index in [4.69, 9.17) is 4.99 Å². The Morgan fingerprint density at radius 2 is 2.00 bits per heavy atom. The lowest BCUT2D eigenvalue weighted by atomic mass is 10.0. The number of aliphatic imine (C=N–C) groups is 1. The molecule has 3 aromatic rings. The summed E-state index contributed by atoms with van der Waals surface area (Å²) >= 11 is 1.75. The van der Waals surface area contributed by atoms with Crippen molar-refractivity contribution in [2.75, 3.05) is 18.0 Å². The van der Waals surface area contributed by atoms with Crippen molar-refractivity contribution in [2.24, 2.45) is 12.0 Å². The van der Waals surface area contributed by atoms with E-state index in [0.29, 0.717) is 12.6 Å². The van der Waals surface area contributed by atoms with Crippen LogP contribution in [0.3, 0.4) is 0 Å². The first kappa shape index (κ1) is 24.5. The Morgan fingerprint density at radius 1 is 1.19 bits per heavy atom. The van der Waals surface area contributed by atoms with Crippen LogP contribution >= 0.6 is 35.3 Å². The number of anilines is 1. The lowest BCUT2D eigenvalue weighted by Crippen LogP contribution is -2.51. The summed E-state index contributed by atoms with van der Waals surface area (Å²) in [7, 11) is 1.98. The van der Waals surface area contributed by atoms with Crippen LogP contribution in [0.5, 0.6) is 0 Å². The molecule has 4 rings (SSSR count). The summed E-state index contributed by atoms with van der Waals surface area (Å²) in [5.74, 6) is 2.58. The van der Waals surface area contributed by atoms with Crippen molar-refractivity contribution < 1.29 is 0 Å². The lowest BCUT2D eigenvalue weighted by Gasteiger charge is -2.35. The highest BCUT2D eigenvalue weighted by molar-refractivity contribution is 14.0. The number of thiophene rings is 1. The highest BCUT2D eigenvalue weighted by atomic mass is 127. The molecule has 9 heteroatoms. The van der Waals surface area contributed by atoms with Crippen LogP contribution in [0.2, 0.25) is 0 Å². The number of benzene rings is 1. The van der Waals surface area contributed by atoms with Crippen LogP contribution in [0.15, 0.2) is 46.8 Å². The van der Waals surface area contributed by atoms with Crippen molar-refractivity contribution in [2.45, 2.75) is 45.8 Å². The van der Waals surface area contributed by atoms with Gasteiger partial charge in [0.15, 0.2) is 11.8 Å². The molecule has 1 saturated heterocycles. The molecular weight excluding hydrogens is 533 g/mol. The minimum atomic E-state index is 0. The Balaban J connectivity index is 0.00000289. The van der Waals surface area contributed by atoms with Gasteiger partial charge < -0.3 is 20.1 Å². The molecule has 1 fully saturated rings. The van der Waals surface area contributed by atoms with E-state index in [-0.39, 0.29) is 24.0 Å². The zero-order valence-electron chi connectivity index (χ0n) is 18.9. The van der Waals surface area contributed by atoms with Crippen molar-refractivity contribution in [1.82, 2.24) is 25.4 Å². The molecule has 3 heterocycles. The average Bonchev–Trinajstić information content (AvgIpc) is 3.41. The van der Waals surface area contributed by atoms with Crippen LogP contribution < -0.4 is 15.5 Å². The van der Waals surface area contributed by atoms with Crippen molar-refractivity contribution in [3.63, 3.8) is 0 Å². The molecule has 1 aliphatic heterocycles. The van der Waals surface area contributed by atoms with E-state index in [1.807, 2.05) is 18.5 Å². The quantitative estimate of drug-likeness (QED) is 0.269. The number of guanidine groups is 1. The number of halogens is 1. The van der Waals surface area contributed by atoms with Crippen LogP contribution in [-0.2, 0) is 20.1 Å². The highest BCUT2D eigenvalue weighted by Gasteiger charge is 2.21. The van der Waals surface area contributed by atoms with Gasteiger partial charge in [0.25, 0.3) is 0 Å². The third kappa shape index (κ3) is 6.44. The molecule has 0 bridgehead atoms. The van der Waals surface area contributed by atoms with E-state index in [0.717, 1.165) is 50.1 Å². The van der Waals surface area contributed by atoms with E-state index < -0.39 is 0 Å². The molecule has 172 valence electrons. The summed E-state index contributed by atoms with van der Waals surface area (Å²) in [5.41, 5.74) is 2.58. The molecule has 0 amide bonds. The number of rotatable bonds is 6. The molecular formula is C23H32IN7S. The Hall–Kier alpha value is -2.14. The van der Waals surface area contributed by atoms with Gasteiger partial charge in [-0.3, -0.25) is 0 Å². The second kappa shape index (κ2) is 11.6. The first-order valence-electron chi connectivity index (χ1n) is 10.8. The maximum atomic E-state index is 4.83. The van der Waals surface area contributed by atoms with Crippen molar-refractivity contribution in [1.29, 1.82) is 0 Å². The SMILES string of the molecule is Cc1ccc(N2CCCC(NC(=NCc3nnc(C)n3C)NCc3cccs3)C2)cc1.I. The number of nitrogens with zero attached hydrogens (tertiary/aromatic N) is 5. The fourth-order valence-electron chi connectivity index (χ4n) is 3.75.